The summed E-state index contributed by atoms with van der Waals surface area (Å²) in [7, 11) is 0. The van der Waals surface area contributed by atoms with Crippen molar-refractivity contribution in [2.75, 3.05) is 0 Å². The summed E-state index contributed by atoms with van der Waals surface area (Å²) in [5.74, 6) is -0.291. The second-order valence-corrected chi connectivity index (χ2v) is 5.44. The van der Waals surface area contributed by atoms with Crippen LogP contribution in [0.15, 0.2) is 16.8 Å². The van der Waals surface area contributed by atoms with Crippen LogP contribution < -0.4 is 0 Å². The number of carboxylic acids is 1. The van der Waals surface area contributed by atoms with Crippen LogP contribution in [0.25, 0.3) is 0 Å². The fraction of sp³-hybridized carbons (Fsp3) is 0.615. The quantitative estimate of drug-likeness (QED) is 0.851. The van der Waals surface area contributed by atoms with Crippen molar-refractivity contribution in [1.82, 2.24) is 0 Å². The van der Waals surface area contributed by atoms with Crippen LogP contribution in [-0.2, 0) is 11.2 Å². The van der Waals surface area contributed by atoms with Gasteiger partial charge in [0.05, 0.1) is 5.92 Å². The van der Waals surface area contributed by atoms with E-state index in [2.05, 4.69) is 16.8 Å². The van der Waals surface area contributed by atoms with Gasteiger partial charge in [0.15, 0.2) is 0 Å². The first-order valence-corrected chi connectivity index (χ1v) is 6.95. The van der Waals surface area contributed by atoms with Crippen LogP contribution >= 0.6 is 11.3 Å². The summed E-state index contributed by atoms with van der Waals surface area (Å²) >= 11 is 1.68. The normalized spacial score (nSPS) is 18.8. The Labute approximate surface area is 100 Å². The molecule has 1 unspecified atom stereocenters. The molecule has 1 fully saturated rings. The minimum atomic E-state index is -0.595. The highest BCUT2D eigenvalue weighted by Gasteiger charge is 2.29. The van der Waals surface area contributed by atoms with Gasteiger partial charge in [-0.3, -0.25) is 4.79 Å². The SMILES string of the molecule is O=C(O)C(CCc1ccsc1)C1CCCC1. The molecule has 0 aromatic carbocycles. The molecule has 1 heterocycles. The topological polar surface area (TPSA) is 37.3 Å². The molecular weight excluding hydrogens is 220 g/mol. The molecule has 0 bridgehead atoms. The Hall–Kier alpha value is -0.830. The van der Waals surface area contributed by atoms with Crippen LogP contribution in [0, 0.1) is 11.8 Å². The largest absolute Gasteiger partial charge is 0.481 e. The Morgan fingerprint density at radius 3 is 2.81 bits per heavy atom. The molecule has 1 aromatic rings. The highest BCUT2D eigenvalue weighted by molar-refractivity contribution is 7.07. The van der Waals surface area contributed by atoms with E-state index < -0.39 is 5.97 Å². The highest BCUT2D eigenvalue weighted by atomic mass is 32.1. The average Bonchev–Trinajstić information content (AvgIpc) is 2.88. The smallest absolute Gasteiger partial charge is 0.306 e. The molecule has 3 heteroatoms. The van der Waals surface area contributed by atoms with E-state index in [0.717, 1.165) is 25.7 Å². The number of carboxylic acid groups (broad SMARTS) is 1. The van der Waals surface area contributed by atoms with Crippen molar-refractivity contribution in [3.63, 3.8) is 0 Å². The maximum absolute atomic E-state index is 11.2. The summed E-state index contributed by atoms with van der Waals surface area (Å²) in [5.41, 5.74) is 1.29. The van der Waals surface area contributed by atoms with Crippen molar-refractivity contribution in [2.24, 2.45) is 11.8 Å². The number of aliphatic carboxylic acids is 1. The average molecular weight is 238 g/mol. The van der Waals surface area contributed by atoms with Crippen LogP contribution in [0.4, 0.5) is 0 Å². The Morgan fingerprint density at radius 2 is 2.25 bits per heavy atom. The molecule has 0 saturated heterocycles. The Kier molecular flexibility index (Phi) is 3.99. The Balaban J connectivity index is 1.90. The number of rotatable bonds is 5. The Bertz CT molecular complexity index is 326. The number of thiophene rings is 1. The first-order chi connectivity index (χ1) is 7.77. The number of hydrogen-bond donors (Lipinski definition) is 1. The molecule has 1 atom stereocenters. The van der Waals surface area contributed by atoms with Gasteiger partial charge in [-0.2, -0.15) is 11.3 Å². The summed E-state index contributed by atoms with van der Waals surface area (Å²) in [6.45, 7) is 0. The van der Waals surface area contributed by atoms with E-state index in [9.17, 15) is 9.90 Å². The Morgan fingerprint density at radius 1 is 1.50 bits per heavy atom. The molecule has 1 aliphatic carbocycles. The molecule has 1 N–H and O–H groups in total. The van der Waals surface area contributed by atoms with Crippen LogP contribution in [0.5, 0.6) is 0 Å². The zero-order chi connectivity index (χ0) is 11.4. The number of aryl methyl sites for hydroxylation is 1. The third-order valence-corrected chi connectivity index (χ3v) is 4.34. The van der Waals surface area contributed by atoms with Crippen molar-refractivity contribution >= 4 is 17.3 Å². The lowest BCUT2D eigenvalue weighted by Gasteiger charge is -2.18. The maximum Gasteiger partial charge on any atom is 0.306 e. The van der Waals surface area contributed by atoms with E-state index in [4.69, 9.17) is 0 Å². The molecule has 88 valence electrons. The van der Waals surface area contributed by atoms with E-state index in [0.29, 0.717) is 5.92 Å². The predicted molar refractivity (Wildman–Crippen MR) is 65.7 cm³/mol. The van der Waals surface area contributed by atoms with Crippen molar-refractivity contribution < 1.29 is 9.90 Å². The van der Waals surface area contributed by atoms with E-state index in [1.165, 1.54) is 18.4 Å². The van der Waals surface area contributed by atoms with Gasteiger partial charge in [0.2, 0.25) is 0 Å². The number of hydrogen-bond acceptors (Lipinski definition) is 2. The standard InChI is InChI=1S/C13H18O2S/c14-13(15)12(11-3-1-2-4-11)6-5-10-7-8-16-9-10/h7-9,11-12H,1-6H2,(H,14,15). The lowest BCUT2D eigenvalue weighted by Crippen LogP contribution is -2.22. The summed E-state index contributed by atoms with van der Waals surface area (Å²) in [6.07, 6.45) is 6.37. The fourth-order valence-electron chi connectivity index (χ4n) is 2.68. The monoisotopic (exact) mass is 238 g/mol. The zero-order valence-electron chi connectivity index (χ0n) is 9.39. The van der Waals surface area contributed by atoms with Gasteiger partial charge in [0.1, 0.15) is 0 Å². The molecule has 1 saturated carbocycles. The first kappa shape index (κ1) is 11.6. The molecule has 2 nitrogen and oxygen atoms in total. The first-order valence-electron chi connectivity index (χ1n) is 6.01. The van der Waals surface area contributed by atoms with Gasteiger partial charge < -0.3 is 5.11 Å². The van der Waals surface area contributed by atoms with E-state index in [1.807, 2.05) is 0 Å². The summed E-state index contributed by atoms with van der Waals surface area (Å²) < 4.78 is 0. The summed E-state index contributed by atoms with van der Waals surface area (Å²) in [6, 6.07) is 2.10. The molecule has 0 radical (unpaired) electrons. The van der Waals surface area contributed by atoms with E-state index in [-0.39, 0.29) is 5.92 Å². The summed E-state index contributed by atoms with van der Waals surface area (Å²) in [4.78, 5) is 11.2. The molecule has 1 aliphatic rings. The van der Waals surface area contributed by atoms with Crippen LogP contribution in [0.2, 0.25) is 0 Å². The van der Waals surface area contributed by atoms with Crippen molar-refractivity contribution in [1.29, 1.82) is 0 Å². The molecular formula is C13H18O2S. The van der Waals surface area contributed by atoms with E-state index >= 15 is 0 Å². The van der Waals surface area contributed by atoms with Crippen LogP contribution in [-0.4, -0.2) is 11.1 Å². The third kappa shape index (κ3) is 2.85. The van der Waals surface area contributed by atoms with Gasteiger partial charge in [-0.15, -0.1) is 0 Å². The third-order valence-electron chi connectivity index (χ3n) is 3.61. The maximum atomic E-state index is 11.2. The molecule has 16 heavy (non-hydrogen) atoms. The minimum absolute atomic E-state index is 0.123. The van der Waals surface area contributed by atoms with Crippen molar-refractivity contribution in [2.45, 2.75) is 38.5 Å². The predicted octanol–water partition coefficient (Wildman–Crippen LogP) is 3.57. The van der Waals surface area contributed by atoms with Crippen LogP contribution in [0.1, 0.15) is 37.7 Å². The van der Waals surface area contributed by atoms with Gasteiger partial charge in [-0.05, 0) is 54.0 Å². The van der Waals surface area contributed by atoms with E-state index in [1.54, 1.807) is 11.3 Å². The second kappa shape index (κ2) is 5.48. The lowest BCUT2D eigenvalue weighted by molar-refractivity contribution is -0.143. The summed E-state index contributed by atoms with van der Waals surface area (Å²) in [5, 5.41) is 13.4. The molecule has 1 aromatic heterocycles. The number of carbonyl (C=O) groups is 1. The van der Waals surface area contributed by atoms with Gasteiger partial charge in [-0.25, -0.2) is 0 Å². The zero-order valence-corrected chi connectivity index (χ0v) is 10.2. The van der Waals surface area contributed by atoms with Gasteiger partial charge in [0, 0.05) is 0 Å². The molecule has 0 amide bonds. The van der Waals surface area contributed by atoms with Crippen molar-refractivity contribution in [3.8, 4) is 0 Å². The molecule has 2 rings (SSSR count). The highest BCUT2D eigenvalue weighted by Crippen LogP contribution is 2.34. The lowest BCUT2D eigenvalue weighted by atomic mass is 9.86. The van der Waals surface area contributed by atoms with Crippen molar-refractivity contribution in [3.05, 3.63) is 22.4 Å². The molecule has 0 aliphatic heterocycles. The second-order valence-electron chi connectivity index (χ2n) is 4.66. The fourth-order valence-corrected chi connectivity index (χ4v) is 3.38. The van der Waals surface area contributed by atoms with Crippen LogP contribution in [0.3, 0.4) is 0 Å². The van der Waals surface area contributed by atoms with Gasteiger partial charge >= 0.3 is 5.97 Å². The van der Waals surface area contributed by atoms with Gasteiger partial charge in [0.25, 0.3) is 0 Å². The minimum Gasteiger partial charge on any atom is -0.481 e. The molecule has 0 spiro atoms. The van der Waals surface area contributed by atoms with Gasteiger partial charge in [-0.1, -0.05) is 12.8 Å².